The molecule has 0 aromatic heterocycles. The topological polar surface area (TPSA) is 26.3 Å². The highest BCUT2D eigenvalue weighted by Crippen LogP contribution is 2.36. The van der Waals surface area contributed by atoms with Crippen molar-refractivity contribution in [2.75, 3.05) is 7.11 Å². The van der Waals surface area contributed by atoms with Gasteiger partial charge in [0, 0.05) is 0 Å². The van der Waals surface area contributed by atoms with Gasteiger partial charge in [-0.3, -0.25) is 4.79 Å². The van der Waals surface area contributed by atoms with Crippen molar-refractivity contribution in [2.45, 2.75) is 33.6 Å². The van der Waals surface area contributed by atoms with Crippen LogP contribution in [0.5, 0.6) is 0 Å². The van der Waals surface area contributed by atoms with Crippen LogP contribution < -0.4 is 0 Å². The molecule has 0 aromatic rings. The van der Waals surface area contributed by atoms with Gasteiger partial charge in [-0.05, 0) is 25.2 Å². The molecule has 0 fully saturated rings. The van der Waals surface area contributed by atoms with Crippen LogP contribution in [0.4, 0.5) is 0 Å². The lowest BCUT2D eigenvalue weighted by Crippen LogP contribution is -2.25. The van der Waals surface area contributed by atoms with E-state index >= 15 is 0 Å². The third-order valence-corrected chi connectivity index (χ3v) is 2.73. The standard InChI is InChI=1S/C11H18O2/c1-8-7-11(2,3)6-5-9(8)10(12)13-4/h7,9H,5-6H2,1-4H3. The Kier molecular flexibility index (Phi) is 2.79. The third kappa shape index (κ3) is 2.33. The fraction of sp³-hybridized carbons (Fsp3) is 0.727. The quantitative estimate of drug-likeness (QED) is 0.460. The van der Waals surface area contributed by atoms with Gasteiger partial charge in [0.05, 0.1) is 13.0 Å². The van der Waals surface area contributed by atoms with Crippen LogP contribution in [0.15, 0.2) is 11.6 Å². The Hall–Kier alpha value is -0.790. The smallest absolute Gasteiger partial charge is 0.312 e. The Morgan fingerprint density at radius 1 is 1.62 bits per heavy atom. The first-order valence-corrected chi connectivity index (χ1v) is 4.73. The van der Waals surface area contributed by atoms with Crippen molar-refractivity contribution in [1.29, 1.82) is 0 Å². The first kappa shape index (κ1) is 10.3. The molecule has 0 bridgehead atoms. The van der Waals surface area contributed by atoms with E-state index in [1.807, 2.05) is 6.92 Å². The Morgan fingerprint density at radius 2 is 2.23 bits per heavy atom. The molecule has 0 N–H and O–H groups in total. The minimum Gasteiger partial charge on any atom is -0.469 e. The normalized spacial score (nSPS) is 26.5. The number of ether oxygens (including phenoxy) is 1. The highest BCUT2D eigenvalue weighted by atomic mass is 16.5. The van der Waals surface area contributed by atoms with Gasteiger partial charge in [-0.1, -0.05) is 25.5 Å². The van der Waals surface area contributed by atoms with E-state index in [4.69, 9.17) is 4.74 Å². The molecule has 0 saturated heterocycles. The SMILES string of the molecule is COC(=O)C1CCC(C)(C)C=C1C. The van der Waals surface area contributed by atoms with Gasteiger partial charge in [0.1, 0.15) is 0 Å². The van der Waals surface area contributed by atoms with E-state index in [0.717, 1.165) is 18.4 Å². The van der Waals surface area contributed by atoms with Crippen molar-refractivity contribution < 1.29 is 9.53 Å². The fourth-order valence-corrected chi connectivity index (χ4v) is 1.98. The van der Waals surface area contributed by atoms with Crippen molar-refractivity contribution in [1.82, 2.24) is 0 Å². The molecule has 13 heavy (non-hydrogen) atoms. The molecule has 1 rings (SSSR count). The fourth-order valence-electron chi connectivity index (χ4n) is 1.98. The molecule has 0 spiro atoms. The van der Waals surface area contributed by atoms with Crippen molar-refractivity contribution in [3.05, 3.63) is 11.6 Å². The molecule has 1 aliphatic carbocycles. The summed E-state index contributed by atoms with van der Waals surface area (Å²) in [7, 11) is 1.45. The molecule has 2 heteroatoms. The Bertz CT molecular complexity index is 238. The van der Waals surface area contributed by atoms with E-state index in [1.165, 1.54) is 7.11 Å². The van der Waals surface area contributed by atoms with E-state index in [9.17, 15) is 4.79 Å². The molecular formula is C11H18O2. The summed E-state index contributed by atoms with van der Waals surface area (Å²) in [5, 5.41) is 0. The minimum absolute atomic E-state index is 0.00183. The van der Waals surface area contributed by atoms with E-state index in [-0.39, 0.29) is 17.3 Å². The summed E-state index contributed by atoms with van der Waals surface area (Å²) in [6.07, 6.45) is 4.17. The van der Waals surface area contributed by atoms with Gasteiger partial charge >= 0.3 is 5.97 Å². The van der Waals surface area contributed by atoms with Crippen molar-refractivity contribution in [2.24, 2.45) is 11.3 Å². The van der Waals surface area contributed by atoms with Gasteiger partial charge in [-0.15, -0.1) is 0 Å². The van der Waals surface area contributed by atoms with Crippen LogP contribution in [0.3, 0.4) is 0 Å². The molecular weight excluding hydrogens is 164 g/mol. The van der Waals surface area contributed by atoms with Crippen molar-refractivity contribution >= 4 is 5.97 Å². The van der Waals surface area contributed by atoms with Crippen LogP contribution in [0, 0.1) is 11.3 Å². The van der Waals surface area contributed by atoms with Gasteiger partial charge < -0.3 is 4.74 Å². The Labute approximate surface area is 80.0 Å². The minimum atomic E-state index is -0.0933. The third-order valence-electron chi connectivity index (χ3n) is 2.73. The van der Waals surface area contributed by atoms with E-state index in [1.54, 1.807) is 0 Å². The lowest BCUT2D eigenvalue weighted by atomic mass is 9.75. The number of rotatable bonds is 1. The molecule has 0 amide bonds. The molecule has 0 aromatic carbocycles. The van der Waals surface area contributed by atoms with Crippen LogP contribution in [0.25, 0.3) is 0 Å². The maximum absolute atomic E-state index is 11.3. The second-order valence-corrected chi connectivity index (χ2v) is 4.49. The maximum atomic E-state index is 11.3. The monoisotopic (exact) mass is 182 g/mol. The average molecular weight is 182 g/mol. The number of methoxy groups -OCH3 is 1. The zero-order chi connectivity index (χ0) is 10.1. The molecule has 0 radical (unpaired) electrons. The summed E-state index contributed by atoms with van der Waals surface area (Å²) in [6, 6.07) is 0. The van der Waals surface area contributed by atoms with Gasteiger partial charge in [-0.25, -0.2) is 0 Å². The summed E-state index contributed by atoms with van der Waals surface area (Å²) in [4.78, 5) is 11.3. The number of hydrogen-bond donors (Lipinski definition) is 0. The summed E-state index contributed by atoms with van der Waals surface area (Å²) >= 11 is 0. The van der Waals surface area contributed by atoms with Gasteiger partial charge in [0.2, 0.25) is 0 Å². The predicted molar refractivity (Wildman–Crippen MR) is 52.3 cm³/mol. The summed E-state index contributed by atoms with van der Waals surface area (Å²) in [6.45, 7) is 6.41. The maximum Gasteiger partial charge on any atom is 0.312 e. The van der Waals surface area contributed by atoms with Gasteiger partial charge in [-0.2, -0.15) is 0 Å². The second kappa shape index (κ2) is 3.52. The predicted octanol–water partition coefficient (Wildman–Crippen LogP) is 2.54. The first-order valence-electron chi connectivity index (χ1n) is 4.73. The summed E-state index contributed by atoms with van der Waals surface area (Å²) < 4.78 is 4.75. The highest BCUT2D eigenvalue weighted by molar-refractivity contribution is 5.75. The summed E-state index contributed by atoms with van der Waals surface area (Å²) in [5.74, 6) is -0.0951. The molecule has 0 aliphatic heterocycles. The number of allylic oxidation sites excluding steroid dienone is 1. The number of esters is 1. The van der Waals surface area contributed by atoms with Gasteiger partial charge in [0.15, 0.2) is 0 Å². The zero-order valence-electron chi connectivity index (χ0n) is 8.89. The van der Waals surface area contributed by atoms with E-state index < -0.39 is 0 Å². The molecule has 0 heterocycles. The van der Waals surface area contributed by atoms with Crippen LogP contribution in [-0.4, -0.2) is 13.1 Å². The first-order chi connectivity index (χ1) is 5.96. The van der Waals surface area contributed by atoms with Crippen LogP contribution >= 0.6 is 0 Å². The lowest BCUT2D eigenvalue weighted by molar-refractivity contribution is -0.144. The number of carbonyl (C=O) groups is 1. The second-order valence-electron chi connectivity index (χ2n) is 4.49. The van der Waals surface area contributed by atoms with Gasteiger partial charge in [0.25, 0.3) is 0 Å². The van der Waals surface area contributed by atoms with Crippen LogP contribution in [-0.2, 0) is 9.53 Å². The number of hydrogen-bond acceptors (Lipinski definition) is 2. The summed E-state index contributed by atoms with van der Waals surface area (Å²) in [5.41, 5.74) is 1.40. The molecule has 0 saturated carbocycles. The molecule has 1 aliphatic rings. The number of carbonyl (C=O) groups excluding carboxylic acids is 1. The van der Waals surface area contributed by atoms with Crippen LogP contribution in [0.2, 0.25) is 0 Å². The average Bonchev–Trinajstić information content (AvgIpc) is 2.01. The zero-order valence-corrected chi connectivity index (χ0v) is 8.89. The van der Waals surface area contributed by atoms with E-state index in [0.29, 0.717) is 0 Å². The van der Waals surface area contributed by atoms with Crippen molar-refractivity contribution in [3.8, 4) is 0 Å². The van der Waals surface area contributed by atoms with Crippen molar-refractivity contribution in [3.63, 3.8) is 0 Å². The highest BCUT2D eigenvalue weighted by Gasteiger charge is 2.30. The largest absolute Gasteiger partial charge is 0.469 e. The Morgan fingerprint density at radius 3 is 2.69 bits per heavy atom. The Balaban J connectivity index is 2.79. The van der Waals surface area contributed by atoms with Crippen LogP contribution in [0.1, 0.15) is 33.6 Å². The molecule has 2 nitrogen and oxygen atoms in total. The molecule has 1 atom stereocenters. The molecule has 74 valence electrons. The van der Waals surface area contributed by atoms with E-state index in [2.05, 4.69) is 19.9 Å². The molecule has 1 unspecified atom stereocenters. The lowest BCUT2D eigenvalue weighted by Gasteiger charge is -2.30.